The van der Waals surface area contributed by atoms with Gasteiger partial charge in [-0.25, -0.2) is 0 Å². The average molecular weight is 282 g/mol. The van der Waals surface area contributed by atoms with Gasteiger partial charge in [-0.3, -0.25) is 0 Å². The van der Waals surface area contributed by atoms with Crippen LogP contribution in [0.4, 0.5) is 5.82 Å². The number of aliphatic hydroxyl groups is 1. The predicted octanol–water partition coefficient (Wildman–Crippen LogP) is 1.44. The Bertz CT molecular complexity index is 614. The van der Waals surface area contributed by atoms with Crippen LogP contribution in [0.15, 0.2) is 6.33 Å². The first-order valence-electron chi connectivity index (χ1n) is 6.31. The first-order chi connectivity index (χ1) is 8.98. The number of aromatic nitrogens is 4. The highest BCUT2D eigenvalue weighted by Gasteiger charge is 2.29. The van der Waals surface area contributed by atoms with Gasteiger partial charge < -0.3 is 10.0 Å². The van der Waals surface area contributed by atoms with Gasteiger partial charge in [-0.2, -0.15) is 19.6 Å². The van der Waals surface area contributed by atoms with E-state index in [-0.39, 0.29) is 0 Å². The summed E-state index contributed by atoms with van der Waals surface area (Å²) in [7, 11) is 0. The molecule has 0 aromatic carbocycles. The molecule has 3 rings (SSSR count). The molecule has 0 saturated carbocycles. The van der Waals surface area contributed by atoms with Crippen molar-refractivity contribution < 1.29 is 5.11 Å². The molecular formula is C12H16ClN5O. The third kappa shape index (κ3) is 2.15. The highest BCUT2D eigenvalue weighted by molar-refractivity contribution is 6.30. The van der Waals surface area contributed by atoms with Gasteiger partial charge >= 0.3 is 0 Å². The molecule has 0 bridgehead atoms. The molecule has 0 atom stereocenters. The molecule has 102 valence electrons. The van der Waals surface area contributed by atoms with Crippen molar-refractivity contribution >= 4 is 23.2 Å². The zero-order valence-corrected chi connectivity index (χ0v) is 11.7. The van der Waals surface area contributed by atoms with Crippen LogP contribution in [0.3, 0.4) is 0 Å². The molecule has 19 heavy (non-hydrogen) atoms. The van der Waals surface area contributed by atoms with Gasteiger partial charge in [-0.15, -0.1) is 0 Å². The summed E-state index contributed by atoms with van der Waals surface area (Å²) in [6.45, 7) is 5.34. The van der Waals surface area contributed by atoms with E-state index < -0.39 is 5.60 Å². The first-order valence-corrected chi connectivity index (χ1v) is 6.69. The molecule has 6 nitrogen and oxygen atoms in total. The second-order valence-electron chi connectivity index (χ2n) is 5.31. The second-order valence-corrected chi connectivity index (χ2v) is 5.67. The van der Waals surface area contributed by atoms with Crippen molar-refractivity contribution in [2.45, 2.75) is 32.3 Å². The minimum absolute atomic E-state index is 0.452. The molecule has 0 radical (unpaired) electrons. The summed E-state index contributed by atoms with van der Waals surface area (Å²) in [6.07, 6.45) is 2.92. The van der Waals surface area contributed by atoms with Gasteiger partial charge in [-0.1, -0.05) is 11.6 Å². The van der Waals surface area contributed by atoms with Crippen LogP contribution in [-0.2, 0) is 0 Å². The standard InChI is InChI=1S/C12H16ClN5O/c1-8-9(13)16-11-14-7-15-18(11)10(8)17-5-3-12(2,19)4-6-17/h7,19H,3-6H2,1-2H3. The average Bonchev–Trinajstić information content (AvgIpc) is 2.79. The lowest BCUT2D eigenvalue weighted by Gasteiger charge is -2.37. The van der Waals surface area contributed by atoms with Crippen LogP contribution in [0.2, 0.25) is 5.15 Å². The quantitative estimate of drug-likeness (QED) is 0.801. The lowest BCUT2D eigenvalue weighted by atomic mass is 9.94. The van der Waals surface area contributed by atoms with Gasteiger partial charge in [0.05, 0.1) is 5.60 Å². The Hall–Kier alpha value is -1.40. The van der Waals surface area contributed by atoms with E-state index in [4.69, 9.17) is 11.6 Å². The lowest BCUT2D eigenvalue weighted by Crippen LogP contribution is -2.43. The molecule has 0 amide bonds. The smallest absolute Gasteiger partial charge is 0.255 e. The largest absolute Gasteiger partial charge is 0.390 e. The Kier molecular flexibility index (Phi) is 2.87. The summed E-state index contributed by atoms with van der Waals surface area (Å²) >= 11 is 6.16. The van der Waals surface area contributed by atoms with Gasteiger partial charge in [0, 0.05) is 18.7 Å². The number of rotatable bonds is 1. The van der Waals surface area contributed by atoms with Crippen LogP contribution in [0.5, 0.6) is 0 Å². The van der Waals surface area contributed by atoms with Crippen molar-refractivity contribution in [3.05, 3.63) is 17.0 Å². The fourth-order valence-corrected chi connectivity index (χ4v) is 2.62. The Morgan fingerprint density at radius 1 is 1.37 bits per heavy atom. The van der Waals surface area contributed by atoms with Crippen LogP contribution in [0.25, 0.3) is 5.78 Å². The van der Waals surface area contributed by atoms with Crippen molar-refractivity contribution in [3.63, 3.8) is 0 Å². The van der Waals surface area contributed by atoms with Gasteiger partial charge in [0.2, 0.25) is 0 Å². The normalized spacial score (nSPS) is 19.1. The summed E-state index contributed by atoms with van der Waals surface area (Å²) in [6, 6.07) is 0. The van der Waals surface area contributed by atoms with Gasteiger partial charge in [-0.05, 0) is 26.7 Å². The summed E-state index contributed by atoms with van der Waals surface area (Å²) in [5.41, 5.74) is 0.309. The second kappa shape index (κ2) is 4.31. The number of hydrogen-bond acceptors (Lipinski definition) is 5. The molecule has 0 unspecified atom stereocenters. The van der Waals surface area contributed by atoms with E-state index in [1.54, 1.807) is 4.52 Å². The molecule has 1 aliphatic heterocycles. The minimum Gasteiger partial charge on any atom is -0.390 e. The summed E-state index contributed by atoms with van der Waals surface area (Å²) in [5.74, 6) is 1.42. The number of piperidine rings is 1. The maximum Gasteiger partial charge on any atom is 0.255 e. The van der Waals surface area contributed by atoms with Crippen molar-refractivity contribution in [1.29, 1.82) is 0 Å². The highest BCUT2D eigenvalue weighted by atomic mass is 35.5. The zero-order valence-electron chi connectivity index (χ0n) is 11.0. The predicted molar refractivity (Wildman–Crippen MR) is 72.6 cm³/mol. The van der Waals surface area contributed by atoms with Crippen LogP contribution < -0.4 is 4.90 Å². The molecule has 1 saturated heterocycles. The van der Waals surface area contributed by atoms with E-state index >= 15 is 0 Å². The van der Waals surface area contributed by atoms with Gasteiger partial charge in [0.15, 0.2) is 0 Å². The lowest BCUT2D eigenvalue weighted by molar-refractivity contribution is 0.0349. The Balaban J connectivity index is 2.05. The Labute approximate surface area is 116 Å². The Morgan fingerprint density at radius 3 is 2.74 bits per heavy atom. The third-order valence-electron chi connectivity index (χ3n) is 3.71. The first kappa shape index (κ1) is 12.6. The van der Waals surface area contributed by atoms with Gasteiger partial charge in [0.1, 0.15) is 17.3 Å². The van der Waals surface area contributed by atoms with E-state index in [1.165, 1.54) is 6.33 Å². The summed E-state index contributed by atoms with van der Waals surface area (Å²) in [5, 5.41) is 14.7. The molecule has 3 heterocycles. The van der Waals surface area contributed by atoms with Gasteiger partial charge in [0.25, 0.3) is 5.78 Å². The number of anilines is 1. The molecule has 2 aromatic rings. The van der Waals surface area contributed by atoms with E-state index in [1.807, 2.05) is 13.8 Å². The fraction of sp³-hybridized carbons (Fsp3) is 0.583. The zero-order chi connectivity index (χ0) is 13.6. The van der Waals surface area contributed by atoms with E-state index in [9.17, 15) is 5.11 Å². The third-order valence-corrected chi connectivity index (χ3v) is 4.08. The fourth-order valence-electron chi connectivity index (χ4n) is 2.46. The molecule has 1 fully saturated rings. The van der Waals surface area contributed by atoms with E-state index in [0.29, 0.717) is 10.9 Å². The number of hydrogen-bond donors (Lipinski definition) is 1. The van der Waals surface area contributed by atoms with E-state index in [2.05, 4.69) is 20.0 Å². The van der Waals surface area contributed by atoms with Crippen LogP contribution in [0.1, 0.15) is 25.3 Å². The monoisotopic (exact) mass is 281 g/mol. The molecular weight excluding hydrogens is 266 g/mol. The molecule has 0 spiro atoms. The van der Waals surface area contributed by atoms with Crippen LogP contribution >= 0.6 is 11.6 Å². The summed E-state index contributed by atoms with van der Waals surface area (Å²) in [4.78, 5) is 10.5. The molecule has 1 N–H and O–H groups in total. The Morgan fingerprint density at radius 2 is 2.05 bits per heavy atom. The number of halogens is 1. The molecule has 2 aromatic heterocycles. The molecule has 0 aliphatic carbocycles. The maximum absolute atomic E-state index is 10.0. The minimum atomic E-state index is -0.581. The topological polar surface area (TPSA) is 66.5 Å². The van der Waals surface area contributed by atoms with Crippen molar-refractivity contribution in [2.75, 3.05) is 18.0 Å². The molecule has 1 aliphatic rings. The van der Waals surface area contributed by atoms with E-state index in [0.717, 1.165) is 37.3 Å². The summed E-state index contributed by atoms with van der Waals surface area (Å²) < 4.78 is 1.71. The van der Waals surface area contributed by atoms with Crippen molar-refractivity contribution in [3.8, 4) is 0 Å². The SMILES string of the molecule is Cc1c(Cl)nc2ncnn2c1N1CCC(C)(O)CC1. The molecule has 7 heteroatoms. The van der Waals surface area contributed by atoms with Crippen LogP contribution in [0, 0.1) is 6.92 Å². The van der Waals surface area contributed by atoms with Crippen molar-refractivity contribution in [1.82, 2.24) is 19.6 Å². The van der Waals surface area contributed by atoms with Crippen molar-refractivity contribution in [2.24, 2.45) is 0 Å². The van der Waals surface area contributed by atoms with Crippen LogP contribution in [-0.4, -0.2) is 43.4 Å². The highest BCUT2D eigenvalue weighted by Crippen LogP contribution is 2.30. The number of fused-ring (bicyclic) bond motifs is 1. The maximum atomic E-state index is 10.0. The number of nitrogens with zero attached hydrogens (tertiary/aromatic N) is 5.